The third-order valence-corrected chi connectivity index (χ3v) is 1.68. The zero-order valence-electron chi connectivity index (χ0n) is 6.16. The summed E-state index contributed by atoms with van der Waals surface area (Å²) in [5.41, 5.74) is 1.34. The molecule has 62 valence electrons. The molecule has 0 bridgehead atoms. The average Bonchev–Trinajstić information content (AvgIpc) is 2.52. The van der Waals surface area contributed by atoms with Gasteiger partial charge in [0.05, 0.1) is 12.1 Å². The zero-order chi connectivity index (χ0) is 8.55. The summed E-state index contributed by atoms with van der Waals surface area (Å²) in [4.78, 5) is 13.3. The first-order valence-electron chi connectivity index (χ1n) is 3.49. The summed E-state index contributed by atoms with van der Waals surface area (Å²) >= 11 is 0. The number of carboxylic acids is 1. The van der Waals surface area contributed by atoms with E-state index >= 15 is 0 Å². The van der Waals surface area contributed by atoms with Gasteiger partial charge in [-0.15, -0.1) is 0 Å². The molecule has 0 radical (unpaired) electrons. The van der Waals surface area contributed by atoms with Gasteiger partial charge < -0.3 is 10.1 Å². The molecule has 0 amide bonds. The first kappa shape index (κ1) is 6.90. The summed E-state index contributed by atoms with van der Waals surface area (Å²) in [5, 5.41) is 15.9. The molecule has 3 N–H and O–H groups in total. The second-order valence-electron chi connectivity index (χ2n) is 2.51. The van der Waals surface area contributed by atoms with Crippen molar-refractivity contribution in [1.29, 1.82) is 0 Å². The molecule has 0 spiro atoms. The third-order valence-electron chi connectivity index (χ3n) is 1.68. The molecule has 0 atom stereocenters. The highest BCUT2D eigenvalue weighted by molar-refractivity contribution is 5.82. The first-order valence-corrected chi connectivity index (χ1v) is 3.49. The van der Waals surface area contributed by atoms with E-state index in [1.54, 1.807) is 12.3 Å². The second kappa shape index (κ2) is 2.37. The molecule has 0 unspecified atom stereocenters. The van der Waals surface area contributed by atoms with Crippen molar-refractivity contribution in [2.75, 3.05) is 0 Å². The van der Waals surface area contributed by atoms with Crippen LogP contribution in [0, 0.1) is 0 Å². The van der Waals surface area contributed by atoms with Crippen LogP contribution in [-0.4, -0.2) is 26.3 Å². The van der Waals surface area contributed by atoms with E-state index in [-0.39, 0.29) is 6.42 Å². The van der Waals surface area contributed by atoms with Gasteiger partial charge in [-0.3, -0.25) is 9.89 Å². The summed E-state index contributed by atoms with van der Waals surface area (Å²) in [6, 6.07) is 1.80. The Morgan fingerprint density at radius 1 is 1.67 bits per heavy atom. The lowest BCUT2D eigenvalue weighted by Crippen LogP contribution is -2.00. The van der Waals surface area contributed by atoms with E-state index in [1.165, 1.54) is 0 Å². The number of hydrogen-bond acceptors (Lipinski definition) is 2. The van der Waals surface area contributed by atoms with Crippen molar-refractivity contribution in [3.63, 3.8) is 0 Å². The molecule has 2 aromatic rings. The van der Waals surface area contributed by atoms with E-state index in [0.29, 0.717) is 11.3 Å². The molecule has 0 saturated carbocycles. The highest BCUT2D eigenvalue weighted by Crippen LogP contribution is 2.13. The van der Waals surface area contributed by atoms with Gasteiger partial charge in [0.25, 0.3) is 0 Å². The van der Waals surface area contributed by atoms with Crippen molar-refractivity contribution < 1.29 is 9.90 Å². The van der Waals surface area contributed by atoms with Gasteiger partial charge in [0.2, 0.25) is 0 Å². The molecule has 12 heavy (non-hydrogen) atoms. The minimum absolute atomic E-state index is 0.0195. The number of aliphatic carboxylic acids is 1. The van der Waals surface area contributed by atoms with E-state index in [9.17, 15) is 4.79 Å². The molecule has 0 aliphatic rings. The second-order valence-corrected chi connectivity index (χ2v) is 2.51. The number of carbonyl (C=O) groups is 1. The van der Waals surface area contributed by atoms with Gasteiger partial charge in [0.15, 0.2) is 5.65 Å². The monoisotopic (exact) mass is 165 g/mol. The van der Waals surface area contributed by atoms with E-state index in [1.807, 2.05) is 0 Å². The van der Waals surface area contributed by atoms with Crippen molar-refractivity contribution >= 4 is 17.0 Å². The quantitative estimate of drug-likeness (QED) is 0.606. The summed E-state index contributed by atoms with van der Waals surface area (Å²) < 4.78 is 0. The van der Waals surface area contributed by atoms with Crippen molar-refractivity contribution in [2.45, 2.75) is 6.42 Å². The Labute approximate surface area is 67.4 Å². The van der Waals surface area contributed by atoms with Crippen LogP contribution in [0.3, 0.4) is 0 Å². The first-order chi connectivity index (χ1) is 5.77. The number of H-pyrrole nitrogens is 2. The lowest BCUT2D eigenvalue weighted by Gasteiger charge is -1.88. The third kappa shape index (κ3) is 0.952. The van der Waals surface area contributed by atoms with Crippen molar-refractivity contribution in [2.24, 2.45) is 0 Å². The maximum absolute atomic E-state index is 10.4. The molecule has 0 aliphatic carbocycles. The maximum atomic E-state index is 10.4. The van der Waals surface area contributed by atoms with Crippen LogP contribution in [0.25, 0.3) is 11.0 Å². The number of nitrogens with one attached hydrogen (secondary N) is 2. The molecular formula is C7H7N3O2. The van der Waals surface area contributed by atoms with Crippen molar-refractivity contribution in [1.82, 2.24) is 15.2 Å². The lowest BCUT2D eigenvalue weighted by atomic mass is 10.2. The van der Waals surface area contributed by atoms with E-state index < -0.39 is 5.97 Å². The smallest absolute Gasteiger partial charge is 0.309 e. The van der Waals surface area contributed by atoms with Crippen molar-refractivity contribution in [3.05, 3.63) is 18.0 Å². The van der Waals surface area contributed by atoms with E-state index in [4.69, 9.17) is 5.11 Å². The molecule has 2 heterocycles. The van der Waals surface area contributed by atoms with Crippen LogP contribution >= 0.6 is 0 Å². The number of hydrogen-bond donors (Lipinski definition) is 3. The van der Waals surface area contributed by atoms with Crippen LogP contribution in [0.5, 0.6) is 0 Å². The highest BCUT2D eigenvalue weighted by atomic mass is 16.4. The SMILES string of the molecule is O=C(O)Cc1[nH]nc2[nH]ccc12. The molecule has 0 aromatic carbocycles. The molecular weight excluding hydrogens is 158 g/mol. The van der Waals surface area contributed by atoms with Crippen LogP contribution in [-0.2, 0) is 11.2 Å². The van der Waals surface area contributed by atoms with Crippen LogP contribution < -0.4 is 0 Å². The molecule has 0 saturated heterocycles. The van der Waals surface area contributed by atoms with Gasteiger partial charge in [0, 0.05) is 11.6 Å². The van der Waals surface area contributed by atoms with Gasteiger partial charge in [-0.2, -0.15) is 5.10 Å². The fourth-order valence-corrected chi connectivity index (χ4v) is 1.17. The molecule has 2 aromatic heterocycles. The minimum Gasteiger partial charge on any atom is -0.481 e. The molecule has 5 nitrogen and oxygen atoms in total. The zero-order valence-corrected chi connectivity index (χ0v) is 6.16. The number of carboxylic acid groups (broad SMARTS) is 1. The largest absolute Gasteiger partial charge is 0.481 e. The number of aromatic amines is 2. The molecule has 0 aliphatic heterocycles. The van der Waals surface area contributed by atoms with Gasteiger partial charge in [-0.05, 0) is 6.07 Å². The van der Waals surface area contributed by atoms with Gasteiger partial charge in [-0.25, -0.2) is 0 Å². The Morgan fingerprint density at radius 3 is 3.25 bits per heavy atom. The fraction of sp³-hybridized carbons (Fsp3) is 0.143. The Kier molecular flexibility index (Phi) is 1.36. The van der Waals surface area contributed by atoms with Crippen LogP contribution in [0.1, 0.15) is 5.69 Å². The molecule has 2 rings (SSSR count). The summed E-state index contributed by atoms with van der Waals surface area (Å²) in [7, 11) is 0. The Hall–Kier alpha value is -1.78. The average molecular weight is 165 g/mol. The van der Waals surface area contributed by atoms with Gasteiger partial charge in [0.1, 0.15) is 0 Å². The normalized spacial score (nSPS) is 10.7. The number of fused-ring (bicyclic) bond motifs is 1. The number of aromatic nitrogens is 3. The summed E-state index contributed by atoms with van der Waals surface area (Å²) in [5.74, 6) is -0.859. The molecule has 0 fully saturated rings. The standard InChI is InChI=1S/C7H7N3O2/c11-6(12)3-5-4-1-2-8-7(4)10-9-5/h1-2H,3H2,(H,11,12)(H2,8,9,10). The number of nitrogens with zero attached hydrogens (tertiary/aromatic N) is 1. The summed E-state index contributed by atoms with van der Waals surface area (Å²) in [6.07, 6.45) is 1.71. The topological polar surface area (TPSA) is 81.8 Å². The maximum Gasteiger partial charge on any atom is 0.309 e. The van der Waals surface area contributed by atoms with Crippen LogP contribution in [0.15, 0.2) is 12.3 Å². The predicted octanol–water partition coefficient (Wildman–Crippen LogP) is 0.518. The predicted molar refractivity (Wildman–Crippen MR) is 41.8 cm³/mol. The van der Waals surface area contributed by atoms with E-state index in [0.717, 1.165) is 5.39 Å². The lowest BCUT2D eigenvalue weighted by molar-refractivity contribution is -0.136. The fourth-order valence-electron chi connectivity index (χ4n) is 1.17. The van der Waals surface area contributed by atoms with Crippen LogP contribution in [0.4, 0.5) is 0 Å². The van der Waals surface area contributed by atoms with E-state index in [2.05, 4.69) is 15.2 Å². The Bertz CT molecular complexity index is 415. The van der Waals surface area contributed by atoms with Crippen molar-refractivity contribution in [3.8, 4) is 0 Å². The Morgan fingerprint density at radius 2 is 2.50 bits per heavy atom. The van der Waals surface area contributed by atoms with Gasteiger partial charge in [-0.1, -0.05) is 0 Å². The summed E-state index contributed by atoms with van der Waals surface area (Å²) in [6.45, 7) is 0. The van der Waals surface area contributed by atoms with Gasteiger partial charge >= 0.3 is 5.97 Å². The van der Waals surface area contributed by atoms with Crippen LogP contribution in [0.2, 0.25) is 0 Å². The highest BCUT2D eigenvalue weighted by Gasteiger charge is 2.08. The Balaban J connectivity index is 2.47. The molecule has 5 heteroatoms. The minimum atomic E-state index is -0.859. The number of rotatable bonds is 2.